The molecule has 23 heavy (non-hydrogen) atoms. The second-order valence-electron chi connectivity index (χ2n) is 6.69. The van der Waals surface area contributed by atoms with E-state index in [9.17, 15) is 9.59 Å². The zero-order chi connectivity index (χ0) is 16.6. The lowest BCUT2D eigenvalue weighted by Gasteiger charge is -2.25. The Morgan fingerprint density at radius 2 is 2.00 bits per heavy atom. The van der Waals surface area contributed by atoms with Gasteiger partial charge in [0.05, 0.1) is 12.0 Å². The Bertz CT molecular complexity index is 707. The van der Waals surface area contributed by atoms with Crippen LogP contribution >= 0.6 is 0 Å². The fraction of sp³-hybridized carbons (Fsp3) is 0.500. The Kier molecular flexibility index (Phi) is 3.85. The van der Waals surface area contributed by atoms with Crippen LogP contribution in [0.3, 0.4) is 0 Å². The molecule has 0 bridgehead atoms. The van der Waals surface area contributed by atoms with Crippen molar-refractivity contribution in [2.24, 2.45) is 5.92 Å². The third-order valence-electron chi connectivity index (χ3n) is 4.88. The van der Waals surface area contributed by atoms with E-state index in [2.05, 4.69) is 23.5 Å². The minimum atomic E-state index is -1.04. The average Bonchev–Trinajstić information content (AvgIpc) is 2.78. The lowest BCUT2D eigenvalue weighted by atomic mass is 9.85. The van der Waals surface area contributed by atoms with Gasteiger partial charge in [0.25, 0.3) is 5.91 Å². The first-order valence-corrected chi connectivity index (χ1v) is 8.11. The number of amides is 3. The topological polar surface area (TPSA) is 73.2 Å². The van der Waals surface area contributed by atoms with Crippen molar-refractivity contribution in [3.8, 4) is 6.07 Å². The summed E-state index contributed by atoms with van der Waals surface area (Å²) in [5.74, 6) is -0.657. The van der Waals surface area contributed by atoms with Crippen LogP contribution in [0.15, 0.2) is 18.2 Å². The molecule has 5 heteroatoms. The number of carbonyl (C=O) groups excluding carboxylic acids is 2. The third kappa shape index (κ3) is 2.59. The van der Waals surface area contributed by atoms with Crippen LogP contribution in [0, 0.1) is 17.2 Å². The van der Waals surface area contributed by atoms with Gasteiger partial charge in [0.2, 0.25) is 0 Å². The normalized spacial score (nSPS) is 24.8. The first-order chi connectivity index (χ1) is 11.0. The maximum absolute atomic E-state index is 12.8. The highest BCUT2D eigenvalue weighted by atomic mass is 16.2. The van der Waals surface area contributed by atoms with Crippen molar-refractivity contribution < 1.29 is 9.59 Å². The molecule has 2 unspecified atom stereocenters. The minimum absolute atomic E-state index is 0.127. The van der Waals surface area contributed by atoms with Crippen LogP contribution in [-0.2, 0) is 23.2 Å². The Labute approximate surface area is 136 Å². The highest BCUT2D eigenvalue weighted by Crippen LogP contribution is 2.32. The molecule has 1 aromatic rings. The van der Waals surface area contributed by atoms with E-state index in [1.807, 2.05) is 6.07 Å². The lowest BCUT2D eigenvalue weighted by Crippen LogP contribution is -2.41. The summed E-state index contributed by atoms with van der Waals surface area (Å²) in [7, 11) is 0. The number of urea groups is 1. The van der Waals surface area contributed by atoms with Crippen LogP contribution in [0.2, 0.25) is 0 Å². The smallest absolute Gasteiger partial charge is 0.319 e. The fourth-order valence-electron chi connectivity index (χ4n) is 3.42. The molecule has 1 fully saturated rings. The zero-order valence-corrected chi connectivity index (χ0v) is 13.6. The summed E-state index contributed by atoms with van der Waals surface area (Å²) in [6.45, 7) is 3.58. The van der Waals surface area contributed by atoms with Crippen LogP contribution in [0.4, 0.5) is 4.79 Å². The zero-order valence-electron chi connectivity index (χ0n) is 13.6. The first kappa shape index (κ1) is 15.5. The number of rotatable bonds is 3. The summed E-state index contributed by atoms with van der Waals surface area (Å²) in [6.07, 6.45) is 4.48. The summed E-state index contributed by atoms with van der Waals surface area (Å²) in [4.78, 5) is 26.1. The van der Waals surface area contributed by atoms with E-state index in [0.29, 0.717) is 0 Å². The molecule has 1 heterocycles. The van der Waals surface area contributed by atoms with Gasteiger partial charge >= 0.3 is 6.03 Å². The molecule has 1 aromatic carbocycles. The maximum atomic E-state index is 12.8. The van der Waals surface area contributed by atoms with Crippen LogP contribution in [0.1, 0.15) is 43.4 Å². The number of nitrogens with one attached hydrogen (secondary N) is 1. The molecule has 3 amide bonds. The van der Waals surface area contributed by atoms with Crippen LogP contribution in [0.25, 0.3) is 0 Å². The van der Waals surface area contributed by atoms with E-state index in [1.54, 1.807) is 13.8 Å². The number of nitriles is 1. The molecule has 1 aliphatic carbocycles. The van der Waals surface area contributed by atoms with E-state index in [-0.39, 0.29) is 18.4 Å². The van der Waals surface area contributed by atoms with E-state index in [0.717, 1.165) is 23.3 Å². The summed E-state index contributed by atoms with van der Waals surface area (Å²) < 4.78 is 0. The Balaban J connectivity index is 1.91. The summed E-state index contributed by atoms with van der Waals surface area (Å²) >= 11 is 0. The van der Waals surface area contributed by atoms with Gasteiger partial charge in [-0.1, -0.05) is 18.2 Å². The molecule has 0 aromatic heterocycles. The van der Waals surface area contributed by atoms with E-state index < -0.39 is 11.6 Å². The van der Waals surface area contributed by atoms with E-state index >= 15 is 0 Å². The lowest BCUT2D eigenvalue weighted by molar-refractivity contribution is -0.131. The standard InChI is InChI=1S/C18H21N3O2/c1-12(10-19)11-21-16(22)18(2,20-17(21)23)15-8-7-13-5-3-4-6-14(13)9-15/h7-9,12H,3-6,11H2,1-2H3,(H,20,23). The summed E-state index contributed by atoms with van der Waals surface area (Å²) in [5.41, 5.74) is 2.40. The van der Waals surface area contributed by atoms with Gasteiger partial charge in [0, 0.05) is 6.54 Å². The van der Waals surface area contributed by atoms with Crippen LogP contribution < -0.4 is 5.32 Å². The number of benzene rings is 1. The molecule has 2 atom stereocenters. The molecule has 3 rings (SSSR count). The van der Waals surface area contributed by atoms with Gasteiger partial charge in [0.1, 0.15) is 5.54 Å². The molecular weight excluding hydrogens is 290 g/mol. The molecule has 1 N–H and O–H groups in total. The number of hydrogen-bond donors (Lipinski definition) is 1. The van der Waals surface area contributed by atoms with Crippen molar-refractivity contribution in [2.45, 2.75) is 45.1 Å². The van der Waals surface area contributed by atoms with Crippen molar-refractivity contribution in [1.29, 1.82) is 5.26 Å². The molecule has 1 saturated heterocycles. The van der Waals surface area contributed by atoms with Gasteiger partial charge < -0.3 is 5.32 Å². The highest BCUT2D eigenvalue weighted by molar-refractivity contribution is 6.07. The second kappa shape index (κ2) is 5.69. The SMILES string of the molecule is CC(C#N)CN1C(=O)NC(C)(c2ccc3c(c2)CCCC3)C1=O. The third-order valence-corrected chi connectivity index (χ3v) is 4.88. The van der Waals surface area contributed by atoms with Crippen LogP contribution in [0.5, 0.6) is 0 Å². The van der Waals surface area contributed by atoms with Gasteiger partial charge in [-0.25, -0.2) is 4.79 Å². The molecule has 0 spiro atoms. The Morgan fingerprint density at radius 1 is 1.30 bits per heavy atom. The van der Waals surface area contributed by atoms with Gasteiger partial charge in [-0.3, -0.25) is 9.69 Å². The predicted octanol–water partition coefficient (Wildman–Crippen LogP) is 2.49. The van der Waals surface area contributed by atoms with Crippen LogP contribution in [-0.4, -0.2) is 23.4 Å². The molecule has 5 nitrogen and oxygen atoms in total. The van der Waals surface area contributed by atoms with E-state index in [4.69, 9.17) is 5.26 Å². The Hall–Kier alpha value is -2.35. The van der Waals surface area contributed by atoms with Gasteiger partial charge in [-0.2, -0.15) is 5.26 Å². The summed E-state index contributed by atoms with van der Waals surface area (Å²) in [5, 5.41) is 11.7. The van der Waals surface area contributed by atoms with E-state index in [1.165, 1.54) is 24.0 Å². The van der Waals surface area contributed by atoms with Gasteiger partial charge in [-0.05, 0) is 56.2 Å². The highest BCUT2D eigenvalue weighted by Gasteiger charge is 2.49. The fourth-order valence-corrected chi connectivity index (χ4v) is 3.42. The maximum Gasteiger partial charge on any atom is 0.325 e. The minimum Gasteiger partial charge on any atom is -0.319 e. The van der Waals surface area contributed by atoms with Gasteiger partial charge in [-0.15, -0.1) is 0 Å². The van der Waals surface area contributed by atoms with Crippen molar-refractivity contribution in [2.75, 3.05) is 6.54 Å². The molecule has 2 aliphatic rings. The average molecular weight is 311 g/mol. The largest absolute Gasteiger partial charge is 0.325 e. The summed E-state index contributed by atoms with van der Waals surface area (Å²) in [6, 6.07) is 7.73. The molecular formula is C18H21N3O2. The number of aryl methyl sites for hydroxylation is 2. The number of hydrogen-bond acceptors (Lipinski definition) is 3. The predicted molar refractivity (Wildman–Crippen MR) is 85.5 cm³/mol. The van der Waals surface area contributed by atoms with Crippen molar-refractivity contribution in [1.82, 2.24) is 10.2 Å². The second-order valence-corrected chi connectivity index (χ2v) is 6.69. The van der Waals surface area contributed by atoms with Gasteiger partial charge in [0.15, 0.2) is 0 Å². The van der Waals surface area contributed by atoms with Crippen molar-refractivity contribution >= 4 is 11.9 Å². The Morgan fingerprint density at radius 3 is 2.70 bits per heavy atom. The van der Waals surface area contributed by atoms with Crippen molar-refractivity contribution in [3.63, 3.8) is 0 Å². The first-order valence-electron chi connectivity index (χ1n) is 8.11. The number of fused-ring (bicyclic) bond motifs is 1. The number of imide groups is 1. The molecule has 1 aliphatic heterocycles. The number of nitrogens with zero attached hydrogens (tertiary/aromatic N) is 2. The number of carbonyl (C=O) groups is 2. The molecule has 120 valence electrons. The quantitative estimate of drug-likeness (QED) is 0.872. The van der Waals surface area contributed by atoms with Crippen molar-refractivity contribution in [3.05, 3.63) is 34.9 Å². The molecule has 0 saturated carbocycles. The monoisotopic (exact) mass is 311 g/mol. The molecule has 0 radical (unpaired) electrons.